The lowest BCUT2D eigenvalue weighted by molar-refractivity contribution is 0.145. The van der Waals surface area contributed by atoms with Crippen molar-refractivity contribution in [3.63, 3.8) is 0 Å². The summed E-state index contributed by atoms with van der Waals surface area (Å²) < 4.78 is 23.3. The molecular weight excluding hydrogens is 162 g/mol. The van der Waals surface area contributed by atoms with Crippen LogP contribution >= 0.6 is 0 Å². The zero-order valence-corrected chi connectivity index (χ0v) is 7.15. The fraction of sp³-hybridized carbons (Fsp3) is 1.00. The minimum absolute atomic E-state index is 0.174. The molecule has 0 radical (unpaired) electrons. The van der Waals surface area contributed by atoms with E-state index >= 15 is 0 Å². The van der Waals surface area contributed by atoms with Gasteiger partial charge in [0, 0.05) is 6.04 Å². The lowest BCUT2D eigenvalue weighted by Gasteiger charge is -2.09. The van der Waals surface area contributed by atoms with Crippen LogP contribution in [0, 0.1) is 0 Å². The van der Waals surface area contributed by atoms with E-state index in [1.165, 1.54) is 12.8 Å². The van der Waals surface area contributed by atoms with Gasteiger partial charge in [-0.25, -0.2) is 8.78 Å². The topological polar surface area (TPSA) is 24.1 Å². The second kappa shape index (κ2) is 5.43. The molecule has 1 heterocycles. The first-order valence-electron chi connectivity index (χ1n) is 4.51. The van der Waals surface area contributed by atoms with Crippen LogP contribution in [0.5, 0.6) is 0 Å². The summed E-state index contributed by atoms with van der Waals surface area (Å²) in [6, 6.07) is 0.551. The van der Waals surface area contributed by atoms with Crippen LogP contribution in [0.4, 0.5) is 8.78 Å². The second-order valence-corrected chi connectivity index (χ2v) is 3.18. The summed E-state index contributed by atoms with van der Waals surface area (Å²) in [6.07, 6.45) is 1.16. The van der Waals surface area contributed by atoms with E-state index in [-0.39, 0.29) is 6.54 Å². The summed E-state index contributed by atoms with van der Waals surface area (Å²) in [5.74, 6) is 0. The van der Waals surface area contributed by atoms with Crippen LogP contribution in [0.3, 0.4) is 0 Å². The minimum Gasteiger partial charge on any atom is -0.314 e. The van der Waals surface area contributed by atoms with Gasteiger partial charge < -0.3 is 10.6 Å². The molecule has 0 bridgehead atoms. The van der Waals surface area contributed by atoms with E-state index in [2.05, 4.69) is 10.6 Å². The Morgan fingerprint density at radius 2 is 2.33 bits per heavy atom. The van der Waals surface area contributed by atoms with Gasteiger partial charge in [-0.2, -0.15) is 0 Å². The highest BCUT2D eigenvalue weighted by Crippen LogP contribution is 2.07. The number of hydrogen-bond acceptors (Lipinski definition) is 2. The van der Waals surface area contributed by atoms with E-state index in [0.717, 1.165) is 13.0 Å². The monoisotopic (exact) mass is 178 g/mol. The van der Waals surface area contributed by atoms with Gasteiger partial charge in [0.2, 0.25) is 0 Å². The van der Waals surface area contributed by atoms with Gasteiger partial charge in [-0.3, -0.25) is 0 Å². The first-order chi connectivity index (χ1) is 5.79. The molecule has 1 rings (SSSR count). The standard InChI is InChI=1S/C8H16F2N2/c9-8(10)6-11-5-3-7-2-1-4-12-7/h7-8,11-12H,1-6H2. The van der Waals surface area contributed by atoms with Crippen LogP contribution < -0.4 is 10.6 Å². The highest BCUT2D eigenvalue weighted by molar-refractivity contribution is 4.74. The normalized spacial score (nSPS) is 23.8. The van der Waals surface area contributed by atoms with Crippen molar-refractivity contribution in [2.24, 2.45) is 0 Å². The molecule has 1 atom stereocenters. The van der Waals surface area contributed by atoms with E-state index in [0.29, 0.717) is 12.6 Å². The molecule has 1 saturated heterocycles. The Hall–Kier alpha value is -0.220. The van der Waals surface area contributed by atoms with E-state index in [1.54, 1.807) is 0 Å². The SMILES string of the molecule is FC(F)CNCCC1CCCN1. The highest BCUT2D eigenvalue weighted by atomic mass is 19.3. The molecule has 0 saturated carbocycles. The largest absolute Gasteiger partial charge is 0.314 e. The molecule has 0 amide bonds. The maximum atomic E-state index is 11.7. The Morgan fingerprint density at radius 1 is 1.50 bits per heavy atom. The summed E-state index contributed by atoms with van der Waals surface area (Å²) in [6.45, 7) is 1.61. The van der Waals surface area contributed by atoms with Crippen LogP contribution in [-0.4, -0.2) is 32.1 Å². The molecule has 0 aliphatic carbocycles. The summed E-state index contributed by atoms with van der Waals surface area (Å²) in [5.41, 5.74) is 0. The molecule has 0 aromatic rings. The third-order valence-electron chi connectivity index (χ3n) is 2.13. The van der Waals surface area contributed by atoms with Crippen molar-refractivity contribution >= 4 is 0 Å². The Balaban J connectivity index is 1.88. The molecule has 2 nitrogen and oxygen atoms in total. The van der Waals surface area contributed by atoms with Crippen molar-refractivity contribution in [2.75, 3.05) is 19.6 Å². The molecule has 1 unspecified atom stereocenters. The quantitative estimate of drug-likeness (QED) is 0.613. The van der Waals surface area contributed by atoms with Crippen molar-refractivity contribution in [3.05, 3.63) is 0 Å². The maximum absolute atomic E-state index is 11.7. The molecule has 2 N–H and O–H groups in total. The van der Waals surface area contributed by atoms with Crippen molar-refractivity contribution in [1.82, 2.24) is 10.6 Å². The van der Waals surface area contributed by atoms with Crippen molar-refractivity contribution in [3.8, 4) is 0 Å². The molecule has 0 aromatic heterocycles. The fourth-order valence-corrected chi connectivity index (χ4v) is 1.49. The molecule has 12 heavy (non-hydrogen) atoms. The molecule has 1 aliphatic heterocycles. The van der Waals surface area contributed by atoms with Crippen LogP contribution in [0.1, 0.15) is 19.3 Å². The summed E-state index contributed by atoms with van der Waals surface area (Å²) in [7, 11) is 0. The molecular formula is C8H16F2N2. The highest BCUT2D eigenvalue weighted by Gasteiger charge is 2.12. The number of nitrogens with one attached hydrogen (secondary N) is 2. The van der Waals surface area contributed by atoms with E-state index in [4.69, 9.17) is 0 Å². The lowest BCUT2D eigenvalue weighted by Crippen LogP contribution is -2.29. The minimum atomic E-state index is -2.22. The van der Waals surface area contributed by atoms with Crippen LogP contribution in [0.2, 0.25) is 0 Å². The first kappa shape index (κ1) is 9.86. The second-order valence-electron chi connectivity index (χ2n) is 3.18. The Morgan fingerprint density at radius 3 is 2.92 bits per heavy atom. The zero-order chi connectivity index (χ0) is 8.81. The zero-order valence-electron chi connectivity index (χ0n) is 7.15. The van der Waals surface area contributed by atoms with E-state index in [1.807, 2.05) is 0 Å². The summed E-state index contributed by atoms with van der Waals surface area (Å²) >= 11 is 0. The molecule has 72 valence electrons. The average molecular weight is 178 g/mol. The fourth-order valence-electron chi connectivity index (χ4n) is 1.49. The Labute approximate surface area is 71.7 Å². The maximum Gasteiger partial charge on any atom is 0.250 e. The van der Waals surface area contributed by atoms with E-state index in [9.17, 15) is 8.78 Å². The van der Waals surface area contributed by atoms with Gasteiger partial charge in [0.15, 0.2) is 0 Å². The molecule has 1 fully saturated rings. The van der Waals surface area contributed by atoms with Crippen molar-refractivity contribution in [2.45, 2.75) is 31.7 Å². The first-order valence-corrected chi connectivity index (χ1v) is 4.51. The van der Waals surface area contributed by atoms with Gasteiger partial charge >= 0.3 is 0 Å². The van der Waals surface area contributed by atoms with Crippen molar-refractivity contribution < 1.29 is 8.78 Å². The number of halogens is 2. The van der Waals surface area contributed by atoms with Crippen LogP contribution in [0.25, 0.3) is 0 Å². The number of hydrogen-bond donors (Lipinski definition) is 2. The molecule has 0 spiro atoms. The van der Waals surface area contributed by atoms with Gasteiger partial charge in [0.25, 0.3) is 6.43 Å². The van der Waals surface area contributed by atoms with E-state index < -0.39 is 6.43 Å². The Kier molecular flexibility index (Phi) is 4.46. The average Bonchev–Trinajstić information content (AvgIpc) is 2.49. The summed E-state index contributed by atoms with van der Waals surface area (Å²) in [5, 5.41) is 6.04. The molecule has 4 heteroatoms. The van der Waals surface area contributed by atoms with Crippen LogP contribution in [0.15, 0.2) is 0 Å². The van der Waals surface area contributed by atoms with Crippen LogP contribution in [-0.2, 0) is 0 Å². The predicted molar refractivity (Wildman–Crippen MR) is 44.5 cm³/mol. The van der Waals surface area contributed by atoms with Gasteiger partial charge in [0.05, 0.1) is 6.54 Å². The number of alkyl halides is 2. The third-order valence-corrected chi connectivity index (χ3v) is 2.13. The van der Waals surface area contributed by atoms with Gasteiger partial charge in [-0.1, -0.05) is 0 Å². The molecule has 1 aliphatic rings. The van der Waals surface area contributed by atoms with Crippen molar-refractivity contribution in [1.29, 1.82) is 0 Å². The Bertz CT molecular complexity index is 114. The number of rotatable bonds is 5. The lowest BCUT2D eigenvalue weighted by atomic mass is 10.1. The molecule has 0 aromatic carbocycles. The predicted octanol–water partition coefficient (Wildman–Crippen LogP) is 0.983. The van der Waals surface area contributed by atoms with Gasteiger partial charge in [-0.15, -0.1) is 0 Å². The smallest absolute Gasteiger partial charge is 0.250 e. The summed E-state index contributed by atoms with van der Waals surface area (Å²) in [4.78, 5) is 0. The van der Waals surface area contributed by atoms with Gasteiger partial charge in [0.1, 0.15) is 0 Å². The third kappa shape index (κ3) is 3.97. The van der Waals surface area contributed by atoms with Gasteiger partial charge in [-0.05, 0) is 32.4 Å².